The number of aliphatic imine (C=N–C) groups is 1. The van der Waals surface area contributed by atoms with Gasteiger partial charge in [-0.2, -0.15) is 4.98 Å². The lowest BCUT2D eigenvalue weighted by molar-refractivity contribution is -0.135. The minimum absolute atomic E-state index is 0.215. The van der Waals surface area contributed by atoms with E-state index in [9.17, 15) is 9.59 Å². The smallest absolute Gasteiger partial charge is 0.246 e. The zero-order valence-electron chi connectivity index (χ0n) is 16.0. The van der Waals surface area contributed by atoms with Crippen LogP contribution >= 0.6 is 12.6 Å². The van der Waals surface area contributed by atoms with Crippen molar-refractivity contribution in [1.29, 1.82) is 0 Å². The van der Waals surface area contributed by atoms with Crippen LogP contribution in [0.1, 0.15) is 19.7 Å². The van der Waals surface area contributed by atoms with Crippen LogP contribution in [0.5, 0.6) is 5.88 Å². The van der Waals surface area contributed by atoms with Gasteiger partial charge >= 0.3 is 0 Å². The minimum Gasteiger partial charge on any atom is -0.476 e. The molecule has 0 aliphatic carbocycles. The maximum absolute atomic E-state index is 12.1. The second kappa shape index (κ2) is 11.2. The lowest BCUT2D eigenvalue weighted by Gasteiger charge is -2.22. The van der Waals surface area contributed by atoms with Crippen LogP contribution < -0.4 is 15.4 Å². The van der Waals surface area contributed by atoms with Crippen LogP contribution in [0.15, 0.2) is 23.7 Å². The number of nitrogens with zero attached hydrogens (tertiary/aromatic N) is 4. The second-order valence-electron chi connectivity index (χ2n) is 5.50. The molecular formula is C17H26N6O3S. The molecule has 1 heterocycles. The van der Waals surface area contributed by atoms with Gasteiger partial charge in [-0.25, -0.2) is 4.98 Å². The number of rotatable bonds is 9. The average molecular weight is 395 g/mol. The number of hydrogen-bond acceptors (Lipinski definition) is 6. The lowest BCUT2D eigenvalue weighted by Crippen LogP contribution is -2.46. The third-order valence-corrected chi connectivity index (χ3v) is 3.96. The highest BCUT2D eigenvalue weighted by molar-refractivity contribution is 7.97. The van der Waals surface area contributed by atoms with Gasteiger partial charge in [-0.05, 0) is 13.0 Å². The lowest BCUT2D eigenvalue weighted by atomic mass is 10.2. The van der Waals surface area contributed by atoms with Gasteiger partial charge in [0.15, 0.2) is 5.17 Å². The number of carbonyl (C=O) groups is 2. The Labute approximate surface area is 164 Å². The van der Waals surface area contributed by atoms with Crippen molar-refractivity contribution in [2.24, 2.45) is 4.99 Å². The summed E-state index contributed by atoms with van der Waals surface area (Å²) in [6, 6.07) is 1.01. The molecule has 0 unspecified atom stereocenters. The Bertz CT molecular complexity index is 710. The van der Waals surface area contributed by atoms with Gasteiger partial charge in [0.05, 0.1) is 6.54 Å². The molecule has 0 saturated carbocycles. The molecule has 0 aliphatic heterocycles. The largest absolute Gasteiger partial charge is 0.476 e. The van der Waals surface area contributed by atoms with E-state index in [0.717, 1.165) is 0 Å². The van der Waals surface area contributed by atoms with Crippen molar-refractivity contribution in [3.05, 3.63) is 24.5 Å². The van der Waals surface area contributed by atoms with Crippen molar-refractivity contribution < 1.29 is 14.3 Å². The first-order valence-electron chi connectivity index (χ1n) is 8.42. The molecule has 0 fully saturated rings. The molecule has 0 aliphatic rings. The van der Waals surface area contributed by atoms with Crippen molar-refractivity contribution in [1.82, 2.24) is 20.2 Å². The Morgan fingerprint density at radius 2 is 2.19 bits per heavy atom. The molecule has 0 saturated heterocycles. The summed E-state index contributed by atoms with van der Waals surface area (Å²) in [6.45, 7) is 7.45. The Hall–Kier alpha value is -2.62. The SMILES string of the molecule is C=CC(=O)N(C)[C@@H](C)C(=O)NCCOc1cc(N/C(S)=N/C)nc(CC)n1. The fourth-order valence-electron chi connectivity index (χ4n) is 1.93. The van der Waals surface area contributed by atoms with E-state index in [1.54, 1.807) is 27.1 Å². The summed E-state index contributed by atoms with van der Waals surface area (Å²) in [7, 11) is 3.15. The van der Waals surface area contributed by atoms with E-state index < -0.39 is 6.04 Å². The highest BCUT2D eigenvalue weighted by Crippen LogP contribution is 2.14. The van der Waals surface area contributed by atoms with Crippen molar-refractivity contribution in [3.63, 3.8) is 0 Å². The molecule has 2 N–H and O–H groups in total. The minimum atomic E-state index is -0.612. The summed E-state index contributed by atoms with van der Waals surface area (Å²) in [5.74, 6) is 0.905. The molecule has 1 rings (SSSR count). The number of ether oxygens (including phenoxy) is 1. The van der Waals surface area contributed by atoms with Gasteiger partial charge in [0.25, 0.3) is 0 Å². The fraction of sp³-hybridized carbons (Fsp3) is 0.471. The molecule has 1 aromatic rings. The number of amides is 2. The van der Waals surface area contributed by atoms with Crippen LogP contribution in [0.25, 0.3) is 0 Å². The third-order valence-electron chi connectivity index (χ3n) is 3.65. The summed E-state index contributed by atoms with van der Waals surface area (Å²) < 4.78 is 5.60. The molecule has 10 heteroatoms. The van der Waals surface area contributed by atoms with Crippen LogP contribution in [0.3, 0.4) is 0 Å². The van der Waals surface area contributed by atoms with Crippen LogP contribution in [-0.4, -0.2) is 65.1 Å². The monoisotopic (exact) mass is 394 g/mol. The number of aromatic nitrogens is 2. The van der Waals surface area contributed by atoms with E-state index in [0.29, 0.717) is 29.1 Å². The Balaban J connectivity index is 2.58. The average Bonchev–Trinajstić information content (AvgIpc) is 2.68. The van der Waals surface area contributed by atoms with Crippen LogP contribution in [-0.2, 0) is 16.0 Å². The van der Waals surface area contributed by atoms with Crippen LogP contribution in [0.2, 0.25) is 0 Å². The van der Waals surface area contributed by atoms with Gasteiger partial charge in [-0.15, -0.1) is 12.6 Å². The molecule has 0 aromatic carbocycles. The van der Waals surface area contributed by atoms with E-state index in [2.05, 4.69) is 44.8 Å². The molecule has 0 bridgehead atoms. The van der Waals surface area contributed by atoms with Crippen molar-refractivity contribution in [3.8, 4) is 5.88 Å². The number of amidine groups is 1. The summed E-state index contributed by atoms with van der Waals surface area (Å²) in [5.41, 5.74) is 0. The van der Waals surface area contributed by atoms with Crippen LogP contribution in [0.4, 0.5) is 5.82 Å². The highest BCUT2D eigenvalue weighted by atomic mass is 32.1. The van der Waals surface area contributed by atoms with Crippen molar-refractivity contribution in [2.45, 2.75) is 26.3 Å². The first kappa shape index (κ1) is 22.4. The molecule has 27 heavy (non-hydrogen) atoms. The van der Waals surface area contributed by atoms with Gasteiger partial charge in [-0.3, -0.25) is 14.6 Å². The summed E-state index contributed by atoms with van der Waals surface area (Å²) >= 11 is 4.16. The molecule has 9 nitrogen and oxygen atoms in total. The molecule has 0 radical (unpaired) electrons. The van der Waals surface area contributed by atoms with E-state index >= 15 is 0 Å². The quantitative estimate of drug-likeness (QED) is 0.189. The molecular weight excluding hydrogens is 368 g/mol. The number of nitrogens with one attached hydrogen (secondary N) is 2. The molecule has 148 valence electrons. The topological polar surface area (TPSA) is 109 Å². The van der Waals surface area contributed by atoms with E-state index in [1.807, 2.05) is 6.92 Å². The second-order valence-corrected chi connectivity index (χ2v) is 5.93. The molecule has 1 aromatic heterocycles. The van der Waals surface area contributed by atoms with E-state index in [-0.39, 0.29) is 25.0 Å². The summed E-state index contributed by atoms with van der Waals surface area (Å²) in [5, 5.41) is 6.06. The first-order valence-corrected chi connectivity index (χ1v) is 8.87. The standard InChI is InChI=1S/C17H26N6O3S/c1-6-12-20-13(22-17(27)18-4)10-14(21-12)26-9-8-19-16(25)11(3)23(5)15(24)7-2/h7,10-11H,2,6,8-9H2,1,3-5H3,(H,19,25)(H2,18,20,21,22,27)/t11-/m0/s1. The number of aryl methyl sites for hydroxylation is 1. The molecule has 0 spiro atoms. The number of thiol groups is 1. The van der Waals surface area contributed by atoms with Gasteiger partial charge in [-0.1, -0.05) is 13.5 Å². The Morgan fingerprint density at radius 1 is 1.48 bits per heavy atom. The zero-order chi connectivity index (χ0) is 20.4. The summed E-state index contributed by atoms with van der Waals surface area (Å²) in [6.07, 6.45) is 1.80. The van der Waals surface area contributed by atoms with Crippen molar-refractivity contribution >= 4 is 35.4 Å². The van der Waals surface area contributed by atoms with Crippen molar-refractivity contribution in [2.75, 3.05) is 32.6 Å². The summed E-state index contributed by atoms with van der Waals surface area (Å²) in [4.78, 5) is 37.4. The number of likely N-dealkylation sites (N-methyl/N-ethyl adjacent to an activating group) is 1. The van der Waals surface area contributed by atoms with E-state index in [1.165, 1.54) is 11.0 Å². The molecule has 2 amide bonds. The third kappa shape index (κ3) is 7.26. The Kier molecular flexibility index (Phi) is 9.27. The van der Waals surface area contributed by atoms with Crippen LogP contribution in [0, 0.1) is 0 Å². The number of carbonyl (C=O) groups excluding carboxylic acids is 2. The maximum atomic E-state index is 12.1. The zero-order valence-corrected chi connectivity index (χ0v) is 16.9. The van der Waals surface area contributed by atoms with E-state index in [4.69, 9.17) is 4.74 Å². The first-order chi connectivity index (χ1) is 12.8. The van der Waals surface area contributed by atoms with Gasteiger partial charge in [0.1, 0.15) is 24.3 Å². The van der Waals surface area contributed by atoms with Gasteiger partial charge in [0.2, 0.25) is 17.7 Å². The predicted octanol–water partition coefficient (Wildman–Crippen LogP) is 0.894. The predicted molar refractivity (Wildman–Crippen MR) is 108 cm³/mol. The number of hydrogen-bond donors (Lipinski definition) is 3. The van der Waals surface area contributed by atoms with Gasteiger partial charge in [0, 0.05) is 26.6 Å². The number of anilines is 1. The normalized spacial score (nSPS) is 12.1. The Morgan fingerprint density at radius 3 is 2.78 bits per heavy atom. The maximum Gasteiger partial charge on any atom is 0.246 e. The fourth-order valence-corrected chi connectivity index (χ4v) is 2.04. The van der Waals surface area contributed by atoms with Gasteiger partial charge < -0.3 is 20.3 Å². The highest BCUT2D eigenvalue weighted by Gasteiger charge is 2.20. The molecule has 1 atom stereocenters.